The molecule has 1 amide bonds. The number of amides is 1. The second kappa shape index (κ2) is 10.1. The highest BCUT2D eigenvalue weighted by Gasteiger charge is 2.16. The van der Waals surface area contributed by atoms with E-state index in [-0.39, 0.29) is 22.4 Å². The summed E-state index contributed by atoms with van der Waals surface area (Å²) in [5.41, 5.74) is 3.32. The van der Waals surface area contributed by atoms with Crippen LogP contribution in [0.1, 0.15) is 11.1 Å². The van der Waals surface area contributed by atoms with Crippen LogP contribution in [-0.2, 0) is 14.8 Å². The molecule has 0 fully saturated rings. The van der Waals surface area contributed by atoms with Gasteiger partial charge >= 0.3 is 0 Å². The van der Waals surface area contributed by atoms with Crippen molar-refractivity contribution in [3.8, 4) is 11.5 Å². The number of methoxy groups -OCH3 is 1. The van der Waals surface area contributed by atoms with E-state index in [0.717, 1.165) is 16.8 Å². The van der Waals surface area contributed by atoms with Crippen molar-refractivity contribution in [3.05, 3.63) is 76.8 Å². The Morgan fingerprint density at radius 1 is 1.00 bits per heavy atom. The van der Waals surface area contributed by atoms with Crippen molar-refractivity contribution in [3.63, 3.8) is 0 Å². The number of hydrogen-bond donors (Lipinski definition) is 1. The largest absolute Gasteiger partial charge is 0.495 e. The molecule has 0 aliphatic carbocycles. The second-order valence-electron chi connectivity index (χ2n) is 7.44. The number of likely N-dealkylation sites (N-methyl/N-ethyl adjacent to an activating group) is 1. The van der Waals surface area contributed by atoms with E-state index in [2.05, 4.69) is 4.72 Å². The van der Waals surface area contributed by atoms with Crippen molar-refractivity contribution in [1.82, 2.24) is 0 Å². The molecular weight excluding hydrogens is 464 g/mol. The summed E-state index contributed by atoms with van der Waals surface area (Å²) in [6.45, 7) is 3.81. The minimum Gasteiger partial charge on any atom is -0.495 e. The Morgan fingerprint density at radius 3 is 2.30 bits per heavy atom. The molecular formula is C24H25ClN2O5S. The molecule has 3 aromatic carbocycles. The minimum absolute atomic E-state index is 0.0420. The predicted molar refractivity (Wildman–Crippen MR) is 130 cm³/mol. The molecule has 3 aromatic rings. The summed E-state index contributed by atoms with van der Waals surface area (Å²) in [5, 5.41) is 0.289. The number of rotatable bonds is 8. The predicted octanol–water partition coefficient (Wildman–Crippen LogP) is 4.81. The first-order valence-electron chi connectivity index (χ1n) is 10.0. The first-order valence-corrected chi connectivity index (χ1v) is 11.9. The minimum atomic E-state index is -3.83. The maximum atomic E-state index is 12.7. The van der Waals surface area contributed by atoms with Gasteiger partial charge in [0.2, 0.25) is 0 Å². The van der Waals surface area contributed by atoms with Crippen LogP contribution in [0.5, 0.6) is 11.5 Å². The maximum absolute atomic E-state index is 12.7. The topological polar surface area (TPSA) is 84.9 Å². The van der Waals surface area contributed by atoms with E-state index >= 15 is 0 Å². The molecule has 0 saturated carbocycles. The summed E-state index contributed by atoms with van der Waals surface area (Å²) in [6.07, 6.45) is 0. The molecule has 0 spiro atoms. The smallest absolute Gasteiger partial charge is 0.264 e. The molecule has 0 unspecified atom stereocenters. The SMILES string of the molecule is COc1ccc(NS(=O)(=O)c2ccc(OCC(=O)N(C)c3ccc(C)c(C)c3)cc2)cc1Cl. The number of carbonyl (C=O) groups is 1. The third kappa shape index (κ3) is 5.97. The molecule has 0 bridgehead atoms. The Hall–Kier alpha value is -3.23. The molecule has 0 radical (unpaired) electrons. The molecule has 9 heteroatoms. The summed E-state index contributed by atoms with van der Waals surface area (Å²) < 4.78 is 38.4. The van der Waals surface area contributed by atoms with Gasteiger partial charge in [0.25, 0.3) is 15.9 Å². The van der Waals surface area contributed by atoms with Crippen LogP contribution in [0.4, 0.5) is 11.4 Å². The number of carbonyl (C=O) groups excluding carboxylic acids is 1. The lowest BCUT2D eigenvalue weighted by molar-refractivity contribution is -0.120. The van der Waals surface area contributed by atoms with Gasteiger partial charge in [-0.15, -0.1) is 0 Å². The lowest BCUT2D eigenvalue weighted by Gasteiger charge is -2.19. The van der Waals surface area contributed by atoms with E-state index in [1.165, 1.54) is 42.3 Å². The van der Waals surface area contributed by atoms with Crippen LogP contribution in [-0.4, -0.2) is 35.1 Å². The highest BCUT2D eigenvalue weighted by Crippen LogP contribution is 2.28. The molecule has 7 nitrogen and oxygen atoms in total. The van der Waals surface area contributed by atoms with E-state index in [9.17, 15) is 13.2 Å². The van der Waals surface area contributed by atoms with Crippen LogP contribution in [0.15, 0.2) is 65.6 Å². The maximum Gasteiger partial charge on any atom is 0.264 e. The fraction of sp³-hybridized carbons (Fsp3) is 0.208. The Kier molecular flexibility index (Phi) is 7.50. The van der Waals surface area contributed by atoms with Crippen LogP contribution < -0.4 is 19.1 Å². The number of halogens is 1. The van der Waals surface area contributed by atoms with E-state index in [1.807, 2.05) is 32.0 Å². The fourth-order valence-corrected chi connectivity index (χ4v) is 4.29. The summed E-state index contributed by atoms with van der Waals surface area (Å²) in [4.78, 5) is 14.1. The van der Waals surface area contributed by atoms with Crippen molar-refractivity contribution in [2.24, 2.45) is 0 Å². The van der Waals surface area contributed by atoms with Gasteiger partial charge in [-0.3, -0.25) is 9.52 Å². The second-order valence-corrected chi connectivity index (χ2v) is 9.53. The highest BCUT2D eigenvalue weighted by molar-refractivity contribution is 7.92. The molecule has 3 rings (SSSR count). The van der Waals surface area contributed by atoms with Gasteiger partial charge in [-0.2, -0.15) is 0 Å². The third-order valence-corrected chi connectivity index (χ3v) is 6.84. The quantitative estimate of drug-likeness (QED) is 0.492. The first kappa shape index (κ1) is 24.4. The van der Waals surface area contributed by atoms with Gasteiger partial charge in [0.05, 0.1) is 22.7 Å². The van der Waals surface area contributed by atoms with Crippen molar-refractivity contribution >= 4 is 38.9 Å². The fourth-order valence-electron chi connectivity index (χ4n) is 2.98. The van der Waals surface area contributed by atoms with E-state index in [1.54, 1.807) is 19.2 Å². The number of nitrogens with zero attached hydrogens (tertiary/aromatic N) is 1. The molecule has 174 valence electrons. The van der Waals surface area contributed by atoms with Crippen LogP contribution in [0, 0.1) is 13.8 Å². The van der Waals surface area contributed by atoms with Gasteiger partial charge in [0.1, 0.15) is 11.5 Å². The lowest BCUT2D eigenvalue weighted by Crippen LogP contribution is -2.31. The highest BCUT2D eigenvalue weighted by atomic mass is 35.5. The number of aryl methyl sites for hydroxylation is 2. The molecule has 0 heterocycles. The Bertz CT molecular complexity index is 1260. The number of hydrogen-bond acceptors (Lipinski definition) is 5. The summed E-state index contributed by atoms with van der Waals surface area (Å²) in [7, 11) is -0.676. The van der Waals surface area contributed by atoms with Crippen LogP contribution in [0.3, 0.4) is 0 Å². The summed E-state index contributed by atoms with van der Waals surface area (Å²) in [6, 6.07) is 16.2. The van der Waals surface area contributed by atoms with Gasteiger partial charge < -0.3 is 14.4 Å². The van der Waals surface area contributed by atoms with Gasteiger partial charge in [-0.1, -0.05) is 17.7 Å². The normalized spacial score (nSPS) is 11.1. The summed E-state index contributed by atoms with van der Waals surface area (Å²) >= 11 is 6.05. The monoisotopic (exact) mass is 488 g/mol. The number of sulfonamides is 1. The number of ether oxygens (including phenoxy) is 2. The van der Waals surface area contributed by atoms with E-state index in [0.29, 0.717) is 17.2 Å². The standard InChI is InChI=1S/C24H25ClN2O5S/c1-16-5-7-19(13-17(16)2)27(3)24(28)15-32-20-8-10-21(11-9-20)33(29,30)26-18-6-12-23(31-4)22(25)14-18/h5-14,26H,15H2,1-4H3. The summed E-state index contributed by atoms with van der Waals surface area (Å²) in [5.74, 6) is 0.593. The van der Waals surface area contributed by atoms with Crippen LogP contribution in [0.25, 0.3) is 0 Å². The zero-order valence-corrected chi connectivity index (χ0v) is 20.3. The molecule has 33 heavy (non-hydrogen) atoms. The van der Waals surface area contributed by atoms with Gasteiger partial charge in [-0.05, 0) is 79.6 Å². The molecule has 1 N–H and O–H groups in total. The molecule has 0 aliphatic heterocycles. The molecule has 0 saturated heterocycles. The van der Waals surface area contributed by atoms with Crippen molar-refractivity contribution in [2.45, 2.75) is 18.7 Å². The van der Waals surface area contributed by atoms with Crippen molar-refractivity contribution in [2.75, 3.05) is 30.4 Å². The number of anilines is 2. The van der Waals surface area contributed by atoms with Crippen molar-refractivity contribution in [1.29, 1.82) is 0 Å². The third-order valence-electron chi connectivity index (χ3n) is 5.15. The zero-order valence-electron chi connectivity index (χ0n) is 18.8. The van der Waals surface area contributed by atoms with Crippen LogP contribution in [0.2, 0.25) is 5.02 Å². The Labute approximate surface area is 198 Å². The van der Waals surface area contributed by atoms with Gasteiger partial charge in [-0.25, -0.2) is 8.42 Å². The molecule has 0 atom stereocenters. The lowest BCUT2D eigenvalue weighted by atomic mass is 10.1. The first-order chi connectivity index (χ1) is 15.6. The van der Waals surface area contributed by atoms with E-state index in [4.69, 9.17) is 21.1 Å². The number of nitrogens with one attached hydrogen (secondary N) is 1. The Morgan fingerprint density at radius 2 is 1.70 bits per heavy atom. The average molecular weight is 489 g/mol. The van der Waals surface area contributed by atoms with Crippen molar-refractivity contribution < 1.29 is 22.7 Å². The zero-order chi connectivity index (χ0) is 24.2. The number of benzene rings is 3. The molecule has 0 aliphatic rings. The van der Waals surface area contributed by atoms with E-state index < -0.39 is 10.0 Å². The molecule has 0 aromatic heterocycles. The average Bonchev–Trinajstić information content (AvgIpc) is 2.79. The van der Waals surface area contributed by atoms with Crippen LogP contribution >= 0.6 is 11.6 Å². The van der Waals surface area contributed by atoms with Gasteiger partial charge in [0, 0.05) is 12.7 Å². The van der Waals surface area contributed by atoms with Gasteiger partial charge in [0.15, 0.2) is 6.61 Å². The Balaban J connectivity index is 1.62.